The molecule has 0 amide bonds. The molecule has 2 nitrogen and oxygen atoms in total. The Morgan fingerprint density at radius 1 is 1.40 bits per heavy atom. The largest absolute Gasteiger partial charge is 0.356 e. The second-order valence-corrected chi connectivity index (χ2v) is 3.84. The third-order valence-corrected chi connectivity index (χ3v) is 2.73. The molecular formula is C11H9BrFNO. The topological polar surface area (TPSA) is 26.0 Å². The van der Waals surface area contributed by atoms with Crippen molar-refractivity contribution < 1.29 is 8.91 Å². The van der Waals surface area contributed by atoms with Crippen LogP contribution < -0.4 is 0 Å². The molecule has 0 bridgehead atoms. The molecule has 4 heteroatoms. The van der Waals surface area contributed by atoms with Gasteiger partial charge in [-0.2, -0.15) is 0 Å². The molecule has 0 atom stereocenters. The molecule has 0 unspecified atom stereocenters. The molecule has 1 heterocycles. The van der Waals surface area contributed by atoms with Crippen molar-refractivity contribution in [2.75, 3.05) is 0 Å². The molecule has 0 saturated heterocycles. The van der Waals surface area contributed by atoms with E-state index >= 15 is 0 Å². The summed E-state index contributed by atoms with van der Waals surface area (Å²) in [7, 11) is 0. The van der Waals surface area contributed by atoms with Gasteiger partial charge < -0.3 is 4.52 Å². The van der Waals surface area contributed by atoms with Gasteiger partial charge in [-0.3, -0.25) is 0 Å². The standard InChI is InChI=1S/C11H9BrFNO/c1-7-2-3-8(4-10(7)13)11-5-9(6-12)14-15-11/h2-5H,6H2,1H3. The summed E-state index contributed by atoms with van der Waals surface area (Å²) in [5.41, 5.74) is 2.13. The van der Waals surface area contributed by atoms with Crippen molar-refractivity contribution in [3.63, 3.8) is 0 Å². The van der Waals surface area contributed by atoms with Crippen molar-refractivity contribution in [3.05, 3.63) is 41.3 Å². The quantitative estimate of drug-likeness (QED) is 0.778. The molecule has 15 heavy (non-hydrogen) atoms. The average Bonchev–Trinajstić information content (AvgIpc) is 2.70. The molecular weight excluding hydrogens is 261 g/mol. The second-order valence-electron chi connectivity index (χ2n) is 3.28. The Bertz CT molecular complexity index is 481. The van der Waals surface area contributed by atoms with Crippen LogP contribution in [0.5, 0.6) is 0 Å². The third kappa shape index (κ3) is 2.09. The van der Waals surface area contributed by atoms with Crippen molar-refractivity contribution in [3.8, 4) is 11.3 Å². The molecule has 0 spiro atoms. The fourth-order valence-electron chi connectivity index (χ4n) is 1.26. The van der Waals surface area contributed by atoms with Crippen LogP contribution in [0.2, 0.25) is 0 Å². The highest BCUT2D eigenvalue weighted by atomic mass is 79.9. The van der Waals surface area contributed by atoms with Crippen molar-refractivity contribution in [1.29, 1.82) is 0 Å². The first-order valence-corrected chi connectivity index (χ1v) is 5.61. The summed E-state index contributed by atoms with van der Waals surface area (Å²) in [5, 5.41) is 4.45. The molecule has 0 fully saturated rings. The van der Waals surface area contributed by atoms with Gasteiger partial charge in [-0.25, -0.2) is 4.39 Å². The van der Waals surface area contributed by atoms with Crippen LogP contribution in [0.15, 0.2) is 28.8 Å². The van der Waals surface area contributed by atoms with Gasteiger partial charge in [-0.05, 0) is 18.6 Å². The van der Waals surface area contributed by atoms with Gasteiger partial charge in [0.05, 0.1) is 5.69 Å². The van der Waals surface area contributed by atoms with E-state index in [0.717, 1.165) is 5.69 Å². The smallest absolute Gasteiger partial charge is 0.167 e. The summed E-state index contributed by atoms with van der Waals surface area (Å²) in [5.74, 6) is 0.354. The van der Waals surface area contributed by atoms with Crippen LogP contribution >= 0.6 is 15.9 Å². The van der Waals surface area contributed by atoms with Crippen LogP contribution in [0, 0.1) is 12.7 Å². The van der Waals surface area contributed by atoms with Gasteiger partial charge in [0, 0.05) is 17.0 Å². The van der Waals surface area contributed by atoms with Gasteiger partial charge in [0.25, 0.3) is 0 Å². The van der Waals surface area contributed by atoms with Crippen LogP contribution in [0.4, 0.5) is 4.39 Å². The number of benzene rings is 1. The molecule has 0 aliphatic heterocycles. The number of nitrogens with zero attached hydrogens (tertiary/aromatic N) is 1. The van der Waals surface area contributed by atoms with Gasteiger partial charge in [-0.1, -0.05) is 33.2 Å². The van der Waals surface area contributed by atoms with Crippen LogP contribution in [-0.2, 0) is 5.33 Å². The molecule has 2 rings (SSSR count). The predicted octanol–water partition coefficient (Wildman–Crippen LogP) is 3.68. The zero-order chi connectivity index (χ0) is 10.8. The number of aryl methyl sites for hydroxylation is 1. The molecule has 0 saturated carbocycles. The van der Waals surface area contributed by atoms with Gasteiger partial charge in [0.1, 0.15) is 5.82 Å². The van der Waals surface area contributed by atoms with E-state index in [1.165, 1.54) is 6.07 Å². The molecule has 0 aliphatic carbocycles. The molecule has 0 radical (unpaired) electrons. The summed E-state index contributed by atoms with van der Waals surface area (Å²) in [4.78, 5) is 0. The first kappa shape index (κ1) is 10.4. The van der Waals surface area contributed by atoms with Crippen LogP contribution in [0.3, 0.4) is 0 Å². The number of halogens is 2. The molecule has 2 aromatic rings. The van der Waals surface area contributed by atoms with Gasteiger partial charge in [-0.15, -0.1) is 0 Å². The minimum absolute atomic E-state index is 0.232. The maximum Gasteiger partial charge on any atom is 0.167 e. The highest BCUT2D eigenvalue weighted by Gasteiger charge is 2.07. The first-order valence-electron chi connectivity index (χ1n) is 4.49. The Labute approximate surface area is 95.2 Å². The average molecular weight is 270 g/mol. The number of hydrogen-bond acceptors (Lipinski definition) is 2. The summed E-state index contributed by atoms with van der Waals surface area (Å²) in [6.07, 6.45) is 0. The SMILES string of the molecule is Cc1ccc(-c2cc(CBr)no2)cc1F. The lowest BCUT2D eigenvalue weighted by atomic mass is 10.1. The summed E-state index contributed by atoms with van der Waals surface area (Å²) < 4.78 is 18.4. The second kappa shape index (κ2) is 4.14. The van der Waals surface area contributed by atoms with Gasteiger partial charge >= 0.3 is 0 Å². The highest BCUT2D eigenvalue weighted by Crippen LogP contribution is 2.23. The van der Waals surface area contributed by atoms with E-state index in [1.54, 1.807) is 19.1 Å². The monoisotopic (exact) mass is 269 g/mol. The Kier molecular flexibility index (Phi) is 2.86. The number of hydrogen-bond donors (Lipinski definition) is 0. The van der Waals surface area contributed by atoms with Crippen LogP contribution in [0.25, 0.3) is 11.3 Å². The van der Waals surface area contributed by atoms with E-state index in [1.807, 2.05) is 6.07 Å². The van der Waals surface area contributed by atoms with Gasteiger partial charge in [0.15, 0.2) is 5.76 Å². The number of aromatic nitrogens is 1. The Hall–Kier alpha value is -1.16. The zero-order valence-corrected chi connectivity index (χ0v) is 9.71. The van der Waals surface area contributed by atoms with E-state index in [-0.39, 0.29) is 5.82 Å². The molecule has 0 aliphatic rings. The number of alkyl halides is 1. The number of rotatable bonds is 2. The maximum absolute atomic E-state index is 13.3. The normalized spacial score (nSPS) is 10.6. The summed E-state index contributed by atoms with van der Waals surface area (Å²) >= 11 is 3.27. The van der Waals surface area contributed by atoms with Crippen LogP contribution in [-0.4, -0.2) is 5.16 Å². The Balaban J connectivity index is 2.40. The summed E-state index contributed by atoms with van der Waals surface area (Å²) in [6.45, 7) is 1.73. The van der Waals surface area contributed by atoms with Crippen molar-refractivity contribution in [2.45, 2.75) is 12.3 Å². The lowest BCUT2D eigenvalue weighted by molar-refractivity contribution is 0.426. The lowest BCUT2D eigenvalue weighted by Crippen LogP contribution is -1.82. The van der Waals surface area contributed by atoms with Crippen LogP contribution in [0.1, 0.15) is 11.3 Å². The minimum Gasteiger partial charge on any atom is -0.356 e. The van der Waals surface area contributed by atoms with Crippen molar-refractivity contribution in [1.82, 2.24) is 5.16 Å². The maximum atomic E-state index is 13.3. The molecule has 1 aromatic heterocycles. The molecule has 1 aromatic carbocycles. The van der Waals surface area contributed by atoms with E-state index in [2.05, 4.69) is 21.1 Å². The minimum atomic E-state index is -0.232. The first-order chi connectivity index (χ1) is 7.20. The Morgan fingerprint density at radius 3 is 2.80 bits per heavy atom. The molecule has 78 valence electrons. The van der Waals surface area contributed by atoms with Gasteiger partial charge in [0.2, 0.25) is 0 Å². The lowest BCUT2D eigenvalue weighted by Gasteiger charge is -1.98. The predicted molar refractivity (Wildman–Crippen MR) is 59.3 cm³/mol. The zero-order valence-electron chi connectivity index (χ0n) is 8.13. The van der Waals surface area contributed by atoms with Crippen molar-refractivity contribution in [2.24, 2.45) is 0 Å². The Morgan fingerprint density at radius 2 is 2.20 bits per heavy atom. The molecule has 0 N–H and O–H groups in total. The fraction of sp³-hybridized carbons (Fsp3) is 0.182. The van der Waals surface area contributed by atoms with E-state index in [0.29, 0.717) is 22.2 Å². The fourth-order valence-corrected chi connectivity index (χ4v) is 1.52. The summed E-state index contributed by atoms with van der Waals surface area (Å²) in [6, 6.07) is 6.78. The van der Waals surface area contributed by atoms with E-state index in [4.69, 9.17) is 4.52 Å². The third-order valence-electron chi connectivity index (χ3n) is 2.15. The van der Waals surface area contributed by atoms with Crippen molar-refractivity contribution >= 4 is 15.9 Å². The highest BCUT2D eigenvalue weighted by molar-refractivity contribution is 9.08. The van der Waals surface area contributed by atoms with E-state index < -0.39 is 0 Å². The van der Waals surface area contributed by atoms with E-state index in [9.17, 15) is 4.39 Å².